The quantitative estimate of drug-likeness (QED) is 0.390. The predicted octanol–water partition coefficient (Wildman–Crippen LogP) is 5.18. The van der Waals surface area contributed by atoms with Gasteiger partial charge in [0.1, 0.15) is 11.5 Å². The molecule has 0 fully saturated rings. The maximum absolute atomic E-state index is 13.2. The Bertz CT molecular complexity index is 1230. The number of aryl methyl sites for hydroxylation is 2. The SMILES string of the molecule is COc1cc2nc(-c3ccc(C)o3)cc(C(=O)NCCCc3ccccc3)c2cc1OC. The van der Waals surface area contributed by atoms with Crippen LogP contribution in [0.15, 0.2) is 65.1 Å². The third kappa shape index (κ3) is 4.59. The number of ether oxygens (including phenoxy) is 2. The molecule has 0 bridgehead atoms. The number of carbonyl (C=O) groups is 1. The summed E-state index contributed by atoms with van der Waals surface area (Å²) in [6.07, 6.45) is 1.75. The highest BCUT2D eigenvalue weighted by molar-refractivity contribution is 6.07. The van der Waals surface area contributed by atoms with Crippen LogP contribution in [0.1, 0.15) is 28.1 Å². The molecule has 0 saturated carbocycles. The summed E-state index contributed by atoms with van der Waals surface area (Å²) in [5, 5.41) is 3.73. The molecule has 2 aromatic heterocycles. The van der Waals surface area contributed by atoms with E-state index in [1.165, 1.54) is 5.56 Å². The van der Waals surface area contributed by atoms with Crippen LogP contribution in [-0.4, -0.2) is 31.7 Å². The topological polar surface area (TPSA) is 73.6 Å². The minimum Gasteiger partial charge on any atom is -0.493 e. The lowest BCUT2D eigenvalue weighted by Crippen LogP contribution is -2.25. The minimum absolute atomic E-state index is 0.165. The highest BCUT2D eigenvalue weighted by Gasteiger charge is 2.18. The number of nitrogens with zero attached hydrogens (tertiary/aromatic N) is 1. The van der Waals surface area contributed by atoms with E-state index in [0.717, 1.165) is 18.6 Å². The molecule has 0 aliphatic heterocycles. The molecule has 0 aliphatic rings. The van der Waals surface area contributed by atoms with E-state index in [9.17, 15) is 4.79 Å². The van der Waals surface area contributed by atoms with Gasteiger partial charge in [-0.15, -0.1) is 0 Å². The molecule has 1 amide bonds. The van der Waals surface area contributed by atoms with Crippen LogP contribution in [-0.2, 0) is 6.42 Å². The van der Waals surface area contributed by atoms with E-state index in [2.05, 4.69) is 17.4 Å². The molecule has 2 heterocycles. The van der Waals surface area contributed by atoms with Gasteiger partial charge in [-0.3, -0.25) is 4.79 Å². The van der Waals surface area contributed by atoms with Gasteiger partial charge in [0.25, 0.3) is 5.91 Å². The number of carbonyl (C=O) groups excluding carboxylic acids is 1. The number of rotatable bonds is 8. The first kappa shape index (κ1) is 21.4. The number of hydrogen-bond acceptors (Lipinski definition) is 5. The molecule has 0 atom stereocenters. The molecule has 0 aliphatic carbocycles. The fraction of sp³-hybridized carbons (Fsp3) is 0.231. The van der Waals surface area contributed by atoms with Gasteiger partial charge in [0.05, 0.1) is 25.3 Å². The monoisotopic (exact) mass is 430 g/mol. The highest BCUT2D eigenvalue weighted by atomic mass is 16.5. The second-order valence-electron chi connectivity index (χ2n) is 7.53. The largest absolute Gasteiger partial charge is 0.493 e. The van der Waals surface area contributed by atoms with Crippen molar-refractivity contribution >= 4 is 16.8 Å². The molecule has 0 saturated heterocycles. The van der Waals surface area contributed by atoms with Crippen molar-refractivity contribution in [3.63, 3.8) is 0 Å². The summed E-state index contributed by atoms with van der Waals surface area (Å²) in [6, 6.07) is 19.3. The van der Waals surface area contributed by atoms with Gasteiger partial charge in [-0.05, 0) is 49.6 Å². The summed E-state index contributed by atoms with van der Waals surface area (Å²) < 4.78 is 16.6. The third-order valence-corrected chi connectivity index (χ3v) is 5.32. The average molecular weight is 431 g/mol. The summed E-state index contributed by atoms with van der Waals surface area (Å²) in [7, 11) is 3.14. The van der Waals surface area contributed by atoms with Gasteiger partial charge in [-0.2, -0.15) is 0 Å². The van der Waals surface area contributed by atoms with Crippen LogP contribution in [0.25, 0.3) is 22.4 Å². The maximum Gasteiger partial charge on any atom is 0.252 e. The summed E-state index contributed by atoms with van der Waals surface area (Å²) in [6.45, 7) is 2.44. The number of nitrogens with one attached hydrogen (secondary N) is 1. The number of benzene rings is 2. The van der Waals surface area contributed by atoms with Crippen LogP contribution in [0.3, 0.4) is 0 Å². The fourth-order valence-corrected chi connectivity index (χ4v) is 3.67. The van der Waals surface area contributed by atoms with Crippen molar-refractivity contribution in [3.05, 3.63) is 77.6 Å². The summed E-state index contributed by atoms with van der Waals surface area (Å²) in [5.74, 6) is 2.32. The van der Waals surface area contributed by atoms with Gasteiger partial charge >= 0.3 is 0 Å². The first-order valence-corrected chi connectivity index (χ1v) is 10.5. The van der Waals surface area contributed by atoms with Crippen molar-refractivity contribution in [3.8, 4) is 23.0 Å². The zero-order valence-corrected chi connectivity index (χ0v) is 18.5. The zero-order valence-electron chi connectivity index (χ0n) is 18.5. The molecule has 32 heavy (non-hydrogen) atoms. The summed E-state index contributed by atoms with van der Waals surface area (Å²) in [4.78, 5) is 17.9. The first-order valence-electron chi connectivity index (χ1n) is 10.5. The van der Waals surface area contributed by atoms with Crippen molar-refractivity contribution < 1.29 is 18.7 Å². The van der Waals surface area contributed by atoms with Crippen LogP contribution >= 0.6 is 0 Å². The number of aromatic nitrogens is 1. The Balaban J connectivity index is 1.64. The number of hydrogen-bond donors (Lipinski definition) is 1. The number of fused-ring (bicyclic) bond motifs is 1. The van der Waals surface area contributed by atoms with Crippen molar-refractivity contribution in [1.29, 1.82) is 0 Å². The Morgan fingerprint density at radius 2 is 1.75 bits per heavy atom. The maximum atomic E-state index is 13.2. The lowest BCUT2D eigenvalue weighted by Gasteiger charge is -2.13. The number of amides is 1. The number of furan rings is 1. The Labute approximate surface area is 187 Å². The predicted molar refractivity (Wildman–Crippen MR) is 124 cm³/mol. The Kier molecular flexibility index (Phi) is 6.40. The second kappa shape index (κ2) is 9.56. The smallest absolute Gasteiger partial charge is 0.252 e. The molecule has 0 spiro atoms. The van der Waals surface area contributed by atoms with Crippen molar-refractivity contribution in [2.45, 2.75) is 19.8 Å². The third-order valence-electron chi connectivity index (χ3n) is 5.32. The number of pyridine rings is 1. The van der Waals surface area contributed by atoms with Gasteiger partial charge in [0.2, 0.25) is 0 Å². The molecule has 2 aromatic carbocycles. The molecule has 6 nitrogen and oxygen atoms in total. The van der Waals surface area contributed by atoms with Gasteiger partial charge < -0.3 is 19.2 Å². The summed E-state index contributed by atoms with van der Waals surface area (Å²) >= 11 is 0. The molecule has 1 N–H and O–H groups in total. The summed E-state index contributed by atoms with van der Waals surface area (Å²) in [5.41, 5.74) is 2.99. The average Bonchev–Trinajstić information content (AvgIpc) is 3.27. The van der Waals surface area contributed by atoms with Crippen LogP contribution < -0.4 is 14.8 Å². The molecule has 4 aromatic rings. The first-order chi connectivity index (χ1) is 15.6. The fourth-order valence-electron chi connectivity index (χ4n) is 3.67. The Hall–Kier alpha value is -3.80. The van der Waals surface area contributed by atoms with Crippen LogP contribution in [0.2, 0.25) is 0 Å². The van der Waals surface area contributed by atoms with E-state index in [0.29, 0.717) is 46.0 Å². The molecular formula is C26H26N2O4. The van der Waals surface area contributed by atoms with E-state index in [1.54, 1.807) is 32.4 Å². The van der Waals surface area contributed by atoms with E-state index in [-0.39, 0.29) is 5.91 Å². The van der Waals surface area contributed by atoms with E-state index in [1.807, 2.05) is 37.3 Å². The lowest BCUT2D eigenvalue weighted by molar-refractivity contribution is 0.0955. The standard InChI is InChI=1S/C26H26N2O4/c1-17-11-12-23(32-17)22-14-20(19-15-24(30-2)25(31-3)16-21(19)28-22)26(29)27-13-7-10-18-8-5-4-6-9-18/h4-6,8-9,11-12,14-16H,7,10,13H2,1-3H3,(H,27,29). The molecule has 0 radical (unpaired) electrons. The molecule has 4 rings (SSSR count). The molecule has 0 unspecified atom stereocenters. The van der Waals surface area contributed by atoms with Crippen molar-refractivity contribution in [2.75, 3.05) is 20.8 Å². The van der Waals surface area contributed by atoms with Gasteiger partial charge in [-0.1, -0.05) is 30.3 Å². The van der Waals surface area contributed by atoms with Gasteiger partial charge in [-0.25, -0.2) is 4.98 Å². The minimum atomic E-state index is -0.165. The van der Waals surface area contributed by atoms with E-state index in [4.69, 9.17) is 18.9 Å². The van der Waals surface area contributed by atoms with Crippen LogP contribution in [0.4, 0.5) is 0 Å². The van der Waals surface area contributed by atoms with Gasteiger partial charge in [0.15, 0.2) is 17.3 Å². The van der Waals surface area contributed by atoms with Crippen molar-refractivity contribution in [2.24, 2.45) is 0 Å². The Morgan fingerprint density at radius 3 is 2.44 bits per heavy atom. The molecule has 164 valence electrons. The lowest BCUT2D eigenvalue weighted by atomic mass is 10.0. The van der Waals surface area contributed by atoms with Crippen LogP contribution in [0.5, 0.6) is 11.5 Å². The van der Waals surface area contributed by atoms with Crippen LogP contribution in [0, 0.1) is 6.92 Å². The number of methoxy groups -OCH3 is 2. The van der Waals surface area contributed by atoms with E-state index < -0.39 is 0 Å². The molecular weight excluding hydrogens is 404 g/mol. The normalized spacial score (nSPS) is 10.8. The molecule has 6 heteroatoms. The Morgan fingerprint density at radius 1 is 1.00 bits per heavy atom. The zero-order chi connectivity index (χ0) is 22.5. The van der Waals surface area contributed by atoms with E-state index >= 15 is 0 Å². The van der Waals surface area contributed by atoms with Gasteiger partial charge in [0, 0.05) is 18.0 Å². The highest BCUT2D eigenvalue weighted by Crippen LogP contribution is 2.35. The second-order valence-corrected chi connectivity index (χ2v) is 7.53. The van der Waals surface area contributed by atoms with Crippen molar-refractivity contribution in [1.82, 2.24) is 10.3 Å².